The van der Waals surface area contributed by atoms with Crippen LogP contribution < -0.4 is 0 Å². The zero-order valence-electron chi connectivity index (χ0n) is 20.5. The molecule has 2 amide bonds. The van der Waals surface area contributed by atoms with Gasteiger partial charge in [0.15, 0.2) is 0 Å². The largest absolute Gasteiger partial charge is 0.465 e. The van der Waals surface area contributed by atoms with Gasteiger partial charge in [-0.2, -0.15) is 0 Å². The first kappa shape index (κ1) is 24.5. The van der Waals surface area contributed by atoms with Crippen molar-refractivity contribution in [3.8, 4) is 0 Å². The average molecular weight is 487 g/mol. The molecule has 5 aliphatic rings. The van der Waals surface area contributed by atoms with Gasteiger partial charge in [-0.3, -0.25) is 14.4 Å². The maximum absolute atomic E-state index is 14.2. The van der Waals surface area contributed by atoms with Crippen molar-refractivity contribution in [1.82, 2.24) is 9.80 Å². The Kier molecular flexibility index (Phi) is 7.30. The zero-order valence-corrected chi connectivity index (χ0v) is 20.5. The number of hydrogen-bond acceptors (Lipinski definition) is 6. The molecule has 0 radical (unpaired) electrons. The molecule has 4 heterocycles. The summed E-state index contributed by atoms with van der Waals surface area (Å²) >= 11 is 0. The number of ether oxygens (including phenoxy) is 2. The molecule has 5 atom stereocenters. The molecule has 1 N–H and O–H groups in total. The van der Waals surface area contributed by atoms with Crippen LogP contribution in [0.5, 0.6) is 0 Å². The Balaban J connectivity index is 1.49. The first-order valence-electron chi connectivity index (χ1n) is 13.5. The van der Waals surface area contributed by atoms with Gasteiger partial charge in [-0.1, -0.05) is 56.4 Å². The molecule has 35 heavy (non-hydrogen) atoms. The number of unbranched alkanes of at least 4 members (excludes halogenated alkanes) is 3. The molecule has 5 rings (SSSR count). The topological polar surface area (TPSA) is 96.4 Å². The lowest BCUT2D eigenvalue weighted by Gasteiger charge is -2.39. The third-order valence-electron chi connectivity index (χ3n) is 8.47. The quantitative estimate of drug-likeness (QED) is 0.337. The second kappa shape index (κ2) is 10.4. The molecule has 1 aliphatic carbocycles. The van der Waals surface area contributed by atoms with Gasteiger partial charge in [0.2, 0.25) is 11.8 Å². The number of esters is 1. The molecule has 2 saturated heterocycles. The highest BCUT2D eigenvalue weighted by atomic mass is 16.6. The first-order valence-corrected chi connectivity index (χ1v) is 13.5. The van der Waals surface area contributed by atoms with Crippen LogP contribution in [-0.4, -0.2) is 82.8 Å². The maximum Gasteiger partial charge on any atom is 0.312 e. The molecule has 3 fully saturated rings. The lowest BCUT2D eigenvalue weighted by Crippen LogP contribution is -2.57. The van der Waals surface area contributed by atoms with E-state index in [0.29, 0.717) is 19.5 Å². The van der Waals surface area contributed by atoms with Crippen molar-refractivity contribution in [3.05, 3.63) is 24.3 Å². The number of carbonyl (C=O) groups excluding carboxylic acids is 3. The summed E-state index contributed by atoms with van der Waals surface area (Å²) in [5, 5.41) is 9.09. The van der Waals surface area contributed by atoms with Crippen LogP contribution in [-0.2, 0) is 23.9 Å². The molecule has 0 bridgehead atoms. The van der Waals surface area contributed by atoms with Crippen LogP contribution in [0.2, 0.25) is 0 Å². The van der Waals surface area contributed by atoms with Crippen LogP contribution in [0.3, 0.4) is 0 Å². The lowest BCUT2D eigenvalue weighted by molar-refractivity contribution is -0.155. The molecule has 1 saturated carbocycles. The Hall–Kier alpha value is -2.19. The molecular formula is C27H38N2O6. The predicted molar refractivity (Wildman–Crippen MR) is 128 cm³/mol. The van der Waals surface area contributed by atoms with E-state index in [1.54, 1.807) is 4.90 Å². The molecule has 1 unspecified atom stereocenters. The molecule has 0 aromatic rings. The summed E-state index contributed by atoms with van der Waals surface area (Å²) in [5.74, 6) is -2.16. The van der Waals surface area contributed by atoms with Gasteiger partial charge in [-0.15, -0.1) is 0 Å². The van der Waals surface area contributed by atoms with E-state index in [-0.39, 0.29) is 31.1 Å². The predicted octanol–water partition coefficient (Wildman–Crippen LogP) is 2.35. The molecule has 8 nitrogen and oxygen atoms in total. The number of hydrogen-bond donors (Lipinski definition) is 1. The van der Waals surface area contributed by atoms with Crippen LogP contribution in [0.1, 0.15) is 64.2 Å². The summed E-state index contributed by atoms with van der Waals surface area (Å²) in [6.45, 7) is 1.39. The lowest BCUT2D eigenvalue weighted by atomic mass is 9.77. The number of aliphatic hydroxyl groups is 1. The summed E-state index contributed by atoms with van der Waals surface area (Å²) < 4.78 is 12.1. The van der Waals surface area contributed by atoms with Crippen molar-refractivity contribution in [2.45, 2.75) is 88.0 Å². The summed E-state index contributed by atoms with van der Waals surface area (Å²) in [6, 6.07) is -0.593. The fourth-order valence-corrected chi connectivity index (χ4v) is 6.83. The van der Waals surface area contributed by atoms with Crippen LogP contribution in [0.25, 0.3) is 0 Å². The van der Waals surface area contributed by atoms with Crippen molar-refractivity contribution in [2.75, 3.05) is 26.3 Å². The summed E-state index contributed by atoms with van der Waals surface area (Å²) in [5.41, 5.74) is -1.16. The van der Waals surface area contributed by atoms with E-state index in [4.69, 9.17) is 14.6 Å². The summed E-state index contributed by atoms with van der Waals surface area (Å²) in [7, 11) is 0. The van der Waals surface area contributed by atoms with Crippen molar-refractivity contribution in [2.24, 2.45) is 11.8 Å². The smallest absolute Gasteiger partial charge is 0.312 e. The van der Waals surface area contributed by atoms with E-state index in [9.17, 15) is 14.4 Å². The van der Waals surface area contributed by atoms with E-state index in [1.165, 1.54) is 6.42 Å². The minimum absolute atomic E-state index is 0.0558. The Bertz CT molecular complexity index is 881. The van der Waals surface area contributed by atoms with Crippen molar-refractivity contribution >= 4 is 17.8 Å². The van der Waals surface area contributed by atoms with Crippen molar-refractivity contribution < 1.29 is 29.0 Å². The Morgan fingerprint density at radius 1 is 1.00 bits per heavy atom. The monoisotopic (exact) mass is 486 g/mol. The Morgan fingerprint density at radius 3 is 2.60 bits per heavy atom. The number of rotatable bonds is 7. The number of carbonyl (C=O) groups is 3. The first-order chi connectivity index (χ1) is 17.1. The second-order valence-electron chi connectivity index (χ2n) is 10.6. The fourth-order valence-electron chi connectivity index (χ4n) is 6.83. The SMILES string of the molecule is O=C1OCCC=C[C@@H]2O[C@]34C=CCN(C5CCCCC5)C(=O)C3N(CCCCCCO)C(=O)[C@@H]4[C@H]12. The normalized spacial score (nSPS) is 35.3. The zero-order chi connectivity index (χ0) is 24.4. The highest BCUT2D eigenvalue weighted by Crippen LogP contribution is 2.53. The van der Waals surface area contributed by atoms with E-state index < -0.39 is 35.6 Å². The standard InChI is InChI=1S/C27H38N2O6/c30-17-8-2-1-7-15-29-23-25(32)28(19-11-4-3-5-12-19)16-10-14-27(23)22(24(29)31)21-20(35-27)13-6-9-18-34-26(21)33/h6,10,13-14,19-23,30H,1-5,7-9,11-12,15-18H2/t20-,21+,22-,23?,27-/m0/s1. The molecule has 192 valence electrons. The van der Waals surface area contributed by atoms with Gasteiger partial charge in [-0.25, -0.2) is 0 Å². The van der Waals surface area contributed by atoms with E-state index in [1.807, 2.05) is 29.2 Å². The van der Waals surface area contributed by atoms with Gasteiger partial charge in [0.25, 0.3) is 0 Å². The summed E-state index contributed by atoms with van der Waals surface area (Å²) in [6.07, 6.45) is 16.3. The Labute approximate surface area is 207 Å². The van der Waals surface area contributed by atoms with E-state index in [2.05, 4.69) is 0 Å². The van der Waals surface area contributed by atoms with Gasteiger partial charge in [-0.05, 0) is 32.1 Å². The minimum Gasteiger partial charge on any atom is -0.465 e. The molecular weight excluding hydrogens is 448 g/mol. The van der Waals surface area contributed by atoms with Crippen LogP contribution in [0.4, 0.5) is 0 Å². The van der Waals surface area contributed by atoms with Gasteiger partial charge >= 0.3 is 5.97 Å². The molecule has 4 aliphatic heterocycles. The fraction of sp³-hybridized carbons (Fsp3) is 0.741. The minimum atomic E-state index is -1.16. The third-order valence-corrected chi connectivity index (χ3v) is 8.47. The summed E-state index contributed by atoms with van der Waals surface area (Å²) in [4.78, 5) is 44.9. The highest BCUT2D eigenvalue weighted by molar-refractivity contribution is 5.99. The molecule has 0 aromatic heterocycles. The van der Waals surface area contributed by atoms with E-state index >= 15 is 0 Å². The average Bonchev–Trinajstić information content (AvgIpc) is 3.23. The number of likely N-dealkylation sites (tertiary alicyclic amines) is 1. The molecule has 8 heteroatoms. The van der Waals surface area contributed by atoms with Crippen molar-refractivity contribution in [1.29, 1.82) is 0 Å². The van der Waals surface area contributed by atoms with E-state index in [0.717, 1.165) is 51.4 Å². The third kappa shape index (κ3) is 4.33. The second-order valence-corrected chi connectivity index (χ2v) is 10.6. The molecule has 0 aromatic carbocycles. The number of aliphatic hydroxyl groups excluding tert-OH is 1. The number of fused-ring (bicyclic) bond motifs is 2. The van der Waals surface area contributed by atoms with Crippen LogP contribution in [0.15, 0.2) is 24.3 Å². The maximum atomic E-state index is 14.2. The van der Waals surface area contributed by atoms with Gasteiger partial charge in [0.05, 0.1) is 18.6 Å². The van der Waals surface area contributed by atoms with Crippen molar-refractivity contribution in [3.63, 3.8) is 0 Å². The highest BCUT2D eigenvalue weighted by Gasteiger charge is 2.71. The Morgan fingerprint density at radius 2 is 1.80 bits per heavy atom. The van der Waals surface area contributed by atoms with Crippen LogP contribution in [0, 0.1) is 11.8 Å². The number of cyclic esters (lactones) is 1. The number of nitrogens with zero attached hydrogens (tertiary/aromatic N) is 2. The molecule has 1 spiro atoms. The number of amides is 2. The van der Waals surface area contributed by atoms with Gasteiger partial charge in [0.1, 0.15) is 17.6 Å². The van der Waals surface area contributed by atoms with Gasteiger partial charge in [0, 0.05) is 25.7 Å². The van der Waals surface area contributed by atoms with Gasteiger partial charge < -0.3 is 24.4 Å². The van der Waals surface area contributed by atoms with Crippen LogP contribution >= 0.6 is 0 Å².